The Morgan fingerprint density at radius 3 is 2.41 bits per heavy atom. The molecule has 0 aromatic heterocycles. The van der Waals surface area contributed by atoms with Gasteiger partial charge in [0.15, 0.2) is 0 Å². The Hall–Kier alpha value is -1.31. The molecule has 0 saturated heterocycles. The summed E-state index contributed by atoms with van der Waals surface area (Å²) in [7, 11) is 0. The third-order valence-electron chi connectivity index (χ3n) is 2.09. The molecule has 0 fully saturated rings. The Morgan fingerprint density at radius 2 is 1.76 bits per heavy atom. The molecule has 0 radical (unpaired) electrons. The molecule has 0 heterocycles. The molecule has 0 aliphatic carbocycles. The Labute approximate surface area is 116 Å². The number of halogens is 2. The van der Waals surface area contributed by atoms with Gasteiger partial charge in [0, 0.05) is 8.95 Å². The van der Waals surface area contributed by atoms with E-state index in [4.69, 9.17) is 10.00 Å². The first kappa shape index (κ1) is 12.2. The SMILES string of the molecule is N#Cc1ccc(Oc2cccc(Br)c2)cc1Br. The predicted octanol–water partition coefficient (Wildman–Crippen LogP) is 4.88. The summed E-state index contributed by atoms with van der Waals surface area (Å²) in [6.07, 6.45) is 0. The molecule has 2 nitrogen and oxygen atoms in total. The highest BCUT2D eigenvalue weighted by molar-refractivity contribution is 9.10. The molecule has 0 spiro atoms. The summed E-state index contributed by atoms with van der Waals surface area (Å²) in [6.45, 7) is 0. The number of hydrogen-bond donors (Lipinski definition) is 0. The van der Waals surface area contributed by atoms with E-state index in [0.717, 1.165) is 14.7 Å². The molecule has 0 bridgehead atoms. The highest BCUT2D eigenvalue weighted by atomic mass is 79.9. The van der Waals surface area contributed by atoms with Crippen molar-refractivity contribution >= 4 is 31.9 Å². The van der Waals surface area contributed by atoms with Crippen molar-refractivity contribution in [2.45, 2.75) is 0 Å². The maximum atomic E-state index is 8.81. The zero-order chi connectivity index (χ0) is 12.3. The highest BCUT2D eigenvalue weighted by Gasteiger charge is 2.02. The fraction of sp³-hybridized carbons (Fsp3) is 0. The molecule has 0 aliphatic rings. The van der Waals surface area contributed by atoms with Crippen LogP contribution < -0.4 is 4.74 Å². The number of ether oxygens (including phenoxy) is 1. The summed E-state index contributed by atoms with van der Waals surface area (Å²) in [5.41, 5.74) is 0.589. The number of benzene rings is 2. The minimum atomic E-state index is 0.589. The zero-order valence-electron chi connectivity index (χ0n) is 8.65. The summed E-state index contributed by atoms with van der Waals surface area (Å²) < 4.78 is 7.36. The van der Waals surface area contributed by atoms with E-state index < -0.39 is 0 Å². The van der Waals surface area contributed by atoms with Crippen LogP contribution in [-0.4, -0.2) is 0 Å². The molecule has 84 valence electrons. The molecule has 2 aromatic carbocycles. The van der Waals surface area contributed by atoms with Crippen LogP contribution in [0.25, 0.3) is 0 Å². The van der Waals surface area contributed by atoms with Gasteiger partial charge in [-0.05, 0) is 52.3 Å². The Bertz CT molecular complexity index is 590. The van der Waals surface area contributed by atoms with Crippen LogP contribution in [0.4, 0.5) is 0 Å². The lowest BCUT2D eigenvalue weighted by Gasteiger charge is -2.06. The van der Waals surface area contributed by atoms with Crippen molar-refractivity contribution in [3.05, 3.63) is 57.0 Å². The van der Waals surface area contributed by atoms with Crippen LogP contribution in [0.2, 0.25) is 0 Å². The van der Waals surface area contributed by atoms with Crippen LogP contribution in [-0.2, 0) is 0 Å². The summed E-state index contributed by atoms with van der Waals surface area (Å²) in [5, 5.41) is 8.81. The third-order valence-corrected chi connectivity index (χ3v) is 3.24. The molecule has 0 aliphatic heterocycles. The van der Waals surface area contributed by atoms with Crippen LogP contribution >= 0.6 is 31.9 Å². The Kier molecular flexibility index (Phi) is 3.82. The lowest BCUT2D eigenvalue weighted by molar-refractivity contribution is 0.482. The number of nitrogens with zero attached hydrogens (tertiary/aromatic N) is 1. The van der Waals surface area contributed by atoms with Crippen LogP contribution in [0.1, 0.15) is 5.56 Å². The van der Waals surface area contributed by atoms with Gasteiger partial charge in [-0.3, -0.25) is 0 Å². The number of rotatable bonds is 2. The fourth-order valence-corrected chi connectivity index (χ4v) is 2.14. The molecule has 0 amide bonds. The lowest BCUT2D eigenvalue weighted by atomic mass is 10.2. The summed E-state index contributed by atoms with van der Waals surface area (Å²) in [6, 6.07) is 14.9. The van der Waals surface area contributed by atoms with Gasteiger partial charge in [0.05, 0.1) is 5.56 Å². The van der Waals surface area contributed by atoms with Crippen molar-refractivity contribution in [1.82, 2.24) is 0 Å². The van der Waals surface area contributed by atoms with Crippen molar-refractivity contribution in [2.24, 2.45) is 0 Å². The van der Waals surface area contributed by atoms with Gasteiger partial charge >= 0.3 is 0 Å². The van der Waals surface area contributed by atoms with Crippen molar-refractivity contribution in [1.29, 1.82) is 5.26 Å². The van der Waals surface area contributed by atoms with Crippen molar-refractivity contribution in [3.63, 3.8) is 0 Å². The van der Waals surface area contributed by atoms with Crippen molar-refractivity contribution in [2.75, 3.05) is 0 Å². The molecular formula is C13H7Br2NO. The predicted molar refractivity (Wildman–Crippen MR) is 73.1 cm³/mol. The largest absolute Gasteiger partial charge is 0.457 e. The molecular weight excluding hydrogens is 346 g/mol. The van der Waals surface area contributed by atoms with E-state index in [-0.39, 0.29) is 0 Å². The lowest BCUT2D eigenvalue weighted by Crippen LogP contribution is -1.85. The second-order valence-corrected chi connectivity index (χ2v) is 5.08. The van der Waals surface area contributed by atoms with E-state index >= 15 is 0 Å². The molecule has 0 unspecified atom stereocenters. The highest BCUT2D eigenvalue weighted by Crippen LogP contribution is 2.28. The Balaban J connectivity index is 2.25. The minimum absolute atomic E-state index is 0.589. The van der Waals surface area contributed by atoms with Crippen LogP contribution in [0.5, 0.6) is 11.5 Å². The van der Waals surface area contributed by atoms with E-state index in [2.05, 4.69) is 37.9 Å². The molecule has 2 aromatic rings. The average Bonchev–Trinajstić information content (AvgIpc) is 2.29. The van der Waals surface area contributed by atoms with E-state index in [1.54, 1.807) is 18.2 Å². The van der Waals surface area contributed by atoms with Gasteiger partial charge in [0.25, 0.3) is 0 Å². The fourth-order valence-electron chi connectivity index (χ4n) is 1.32. The molecule has 2 rings (SSSR count). The smallest absolute Gasteiger partial charge is 0.128 e. The zero-order valence-corrected chi connectivity index (χ0v) is 11.8. The van der Waals surface area contributed by atoms with Gasteiger partial charge < -0.3 is 4.74 Å². The third kappa shape index (κ3) is 3.09. The van der Waals surface area contributed by atoms with Crippen molar-refractivity contribution in [3.8, 4) is 17.6 Å². The quantitative estimate of drug-likeness (QED) is 0.771. The first-order valence-corrected chi connectivity index (χ1v) is 6.41. The van der Waals surface area contributed by atoms with Crippen LogP contribution in [0.3, 0.4) is 0 Å². The standard InChI is InChI=1S/C13H7Br2NO/c14-10-2-1-3-11(6-10)17-12-5-4-9(8-16)13(15)7-12/h1-7H. The summed E-state index contributed by atoms with van der Waals surface area (Å²) >= 11 is 6.70. The monoisotopic (exact) mass is 351 g/mol. The van der Waals surface area contributed by atoms with Gasteiger partial charge in [0.2, 0.25) is 0 Å². The van der Waals surface area contributed by atoms with E-state index in [1.807, 2.05) is 24.3 Å². The van der Waals surface area contributed by atoms with Crippen LogP contribution in [0, 0.1) is 11.3 Å². The average molecular weight is 353 g/mol. The minimum Gasteiger partial charge on any atom is -0.457 e. The first-order chi connectivity index (χ1) is 8.19. The van der Waals surface area contributed by atoms with Crippen molar-refractivity contribution < 1.29 is 4.74 Å². The van der Waals surface area contributed by atoms with E-state index in [0.29, 0.717) is 11.3 Å². The summed E-state index contributed by atoms with van der Waals surface area (Å²) in [5.74, 6) is 1.44. The molecule has 0 N–H and O–H groups in total. The first-order valence-electron chi connectivity index (χ1n) is 4.82. The number of nitriles is 1. The number of hydrogen-bond acceptors (Lipinski definition) is 2. The topological polar surface area (TPSA) is 33.0 Å². The van der Waals surface area contributed by atoms with Gasteiger partial charge in [-0.15, -0.1) is 0 Å². The van der Waals surface area contributed by atoms with Gasteiger partial charge in [-0.2, -0.15) is 5.26 Å². The normalized spacial score (nSPS) is 9.71. The van der Waals surface area contributed by atoms with Gasteiger partial charge in [-0.1, -0.05) is 22.0 Å². The maximum Gasteiger partial charge on any atom is 0.128 e. The summed E-state index contributed by atoms with van der Waals surface area (Å²) in [4.78, 5) is 0. The van der Waals surface area contributed by atoms with E-state index in [1.165, 1.54) is 0 Å². The van der Waals surface area contributed by atoms with E-state index in [9.17, 15) is 0 Å². The molecule has 0 atom stereocenters. The molecule has 4 heteroatoms. The second-order valence-electron chi connectivity index (χ2n) is 3.31. The van der Waals surface area contributed by atoms with Gasteiger partial charge in [0.1, 0.15) is 17.6 Å². The molecule has 0 saturated carbocycles. The Morgan fingerprint density at radius 1 is 1.00 bits per heavy atom. The van der Waals surface area contributed by atoms with Crippen LogP contribution in [0.15, 0.2) is 51.4 Å². The van der Waals surface area contributed by atoms with Gasteiger partial charge in [-0.25, -0.2) is 0 Å². The maximum absolute atomic E-state index is 8.81. The molecule has 17 heavy (non-hydrogen) atoms. The second kappa shape index (κ2) is 5.35.